The molecular weight excluding hydrogens is 410 g/mol. The second-order valence-electron chi connectivity index (χ2n) is 7.93. The van der Waals surface area contributed by atoms with Gasteiger partial charge in [-0.25, -0.2) is 0 Å². The van der Waals surface area contributed by atoms with E-state index in [0.29, 0.717) is 11.5 Å². The van der Waals surface area contributed by atoms with E-state index in [-0.39, 0.29) is 23.4 Å². The molecule has 2 aromatic heterocycles. The zero-order valence-electron chi connectivity index (χ0n) is 17.8. The van der Waals surface area contributed by atoms with Crippen LogP contribution in [-0.4, -0.2) is 57.4 Å². The molecule has 2 aliphatic rings. The first-order valence-electron chi connectivity index (χ1n) is 10.4. The third kappa shape index (κ3) is 3.61. The fraction of sp³-hybridized carbons (Fsp3) is 0.333. The maximum absolute atomic E-state index is 12.4. The summed E-state index contributed by atoms with van der Waals surface area (Å²) in [6.45, 7) is 1.51. The lowest BCUT2D eigenvalue weighted by Gasteiger charge is -2.23. The van der Waals surface area contributed by atoms with Crippen LogP contribution in [0.25, 0.3) is 11.4 Å². The number of hydrogen-bond donors (Lipinski definition) is 3. The van der Waals surface area contributed by atoms with Gasteiger partial charge >= 0.3 is 0 Å². The van der Waals surface area contributed by atoms with Crippen molar-refractivity contribution in [2.75, 3.05) is 36.2 Å². The molecule has 11 nitrogen and oxygen atoms in total. The van der Waals surface area contributed by atoms with Crippen molar-refractivity contribution < 1.29 is 9.59 Å². The van der Waals surface area contributed by atoms with Gasteiger partial charge in [-0.2, -0.15) is 0 Å². The molecule has 11 heteroatoms. The number of amides is 2. The Labute approximate surface area is 184 Å². The van der Waals surface area contributed by atoms with Gasteiger partial charge in [0.05, 0.1) is 17.1 Å². The minimum Gasteiger partial charge on any atom is -0.371 e. The monoisotopic (exact) mass is 433 g/mol. The molecule has 164 valence electrons. The van der Waals surface area contributed by atoms with Gasteiger partial charge in [-0.05, 0) is 25.0 Å². The number of anilines is 4. The Bertz CT molecular complexity index is 1200. The quantitative estimate of drug-likeness (QED) is 0.554. The Hall–Kier alpha value is -4.02. The Morgan fingerprint density at radius 2 is 1.94 bits per heavy atom. The lowest BCUT2D eigenvalue weighted by Crippen LogP contribution is -2.23. The molecule has 32 heavy (non-hydrogen) atoms. The van der Waals surface area contributed by atoms with Crippen LogP contribution in [0.1, 0.15) is 23.3 Å². The maximum atomic E-state index is 12.4. The molecule has 3 heterocycles. The summed E-state index contributed by atoms with van der Waals surface area (Å²) >= 11 is 0. The van der Waals surface area contributed by atoms with Crippen LogP contribution in [0.2, 0.25) is 0 Å². The van der Waals surface area contributed by atoms with Crippen LogP contribution in [0.3, 0.4) is 0 Å². The molecule has 1 fully saturated rings. The van der Waals surface area contributed by atoms with E-state index < -0.39 is 0 Å². The van der Waals surface area contributed by atoms with Crippen molar-refractivity contribution in [1.82, 2.24) is 30.3 Å². The maximum Gasteiger partial charge on any atom is 0.273 e. The lowest BCUT2D eigenvalue weighted by molar-refractivity contribution is -0.117. The van der Waals surface area contributed by atoms with E-state index in [1.54, 1.807) is 12.4 Å². The van der Waals surface area contributed by atoms with Crippen molar-refractivity contribution in [3.63, 3.8) is 0 Å². The molecule has 3 aromatic rings. The average molecular weight is 433 g/mol. The summed E-state index contributed by atoms with van der Waals surface area (Å²) in [5, 5.41) is 25.2. The van der Waals surface area contributed by atoms with Gasteiger partial charge in [0.2, 0.25) is 5.91 Å². The van der Waals surface area contributed by atoms with Crippen molar-refractivity contribution in [1.29, 1.82) is 0 Å². The number of nitrogens with zero attached hydrogens (tertiary/aromatic N) is 6. The van der Waals surface area contributed by atoms with Gasteiger partial charge in [0.15, 0.2) is 17.3 Å². The minimum absolute atomic E-state index is 0.0303. The van der Waals surface area contributed by atoms with E-state index in [4.69, 9.17) is 0 Å². The van der Waals surface area contributed by atoms with Gasteiger partial charge in [0.1, 0.15) is 6.33 Å². The summed E-state index contributed by atoms with van der Waals surface area (Å²) in [4.78, 5) is 26.8. The fourth-order valence-corrected chi connectivity index (χ4v) is 3.79. The van der Waals surface area contributed by atoms with E-state index >= 15 is 0 Å². The summed E-state index contributed by atoms with van der Waals surface area (Å²) in [6.07, 6.45) is 3.49. The normalized spacial score (nSPS) is 14.8. The number of rotatable bonds is 5. The molecule has 0 saturated heterocycles. The molecule has 5 rings (SSSR count). The van der Waals surface area contributed by atoms with E-state index in [1.807, 2.05) is 29.8 Å². The van der Waals surface area contributed by atoms with Crippen molar-refractivity contribution in [3.8, 4) is 11.4 Å². The second-order valence-corrected chi connectivity index (χ2v) is 7.93. The number of aromatic nitrogens is 5. The molecule has 1 saturated carbocycles. The van der Waals surface area contributed by atoms with Gasteiger partial charge in [-0.1, -0.05) is 6.07 Å². The molecular formula is C21H23N9O2. The molecule has 0 radical (unpaired) electrons. The highest BCUT2D eigenvalue weighted by Gasteiger charge is 2.30. The number of fused-ring (bicyclic) bond motifs is 3. The predicted octanol–water partition coefficient (Wildman–Crippen LogP) is 1.64. The summed E-state index contributed by atoms with van der Waals surface area (Å²) in [5.41, 5.74) is 3.21. The fourth-order valence-electron chi connectivity index (χ4n) is 3.79. The van der Waals surface area contributed by atoms with Crippen LogP contribution in [-0.2, 0) is 11.3 Å². The summed E-state index contributed by atoms with van der Waals surface area (Å²) in [6, 6.07) is 7.48. The van der Waals surface area contributed by atoms with Crippen LogP contribution < -0.4 is 20.9 Å². The molecule has 1 aliphatic carbocycles. The number of carbonyl (C=O) groups excluding carboxylic acids is 2. The first kappa shape index (κ1) is 19.9. The molecule has 1 aromatic carbocycles. The molecule has 1 aliphatic heterocycles. The minimum atomic E-state index is -0.379. The topological polar surface area (TPSA) is 130 Å². The highest BCUT2D eigenvalue weighted by molar-refractivity contribution is 6.00. The first-order valence-corrected chi connectivity index (χ1v) is 10.4. The smallest absolute Gasteiger partial charge is 0.273 e. The number of likely N-dealkylation sites (N-methyl/N-ethyl adjacent to an activating group) is 1. The van der Waals surface area contributed by atoms with E-state index in [9.17, 15) is 9.59 Å². The number of para-hydroxylation sites is 1. The van der Waals surface area contributed by atoms with E-state index in [0.717, 1.165) is 48.7 Å². The molecule has 0 spiro atoms. The summed E-state index contributed by atoms with van der Waals surface area (Å²) in [5.74, 6) is 0.653. The SMILES string of the molecule is CNC(=O)c1nnc(NC(=O)C2CC2)cc1Nc1cccc2c1N(C)CCn1cnnc1-2. The Morgan fingerprint density at radius 1 is 1.09 bits per heavy atom. The van der Waals surface area contributed by atoms with Crippen molar-refractivity contribution >= 4 is 34.7 Å². The summed E-state index contributed by atoms with van der Waals surface area (Å²) in [7, 11) is 3.54. The summed E-state index contributed by atoms with van der Waals surface area (Å²) < 4.78 is 2.02. The largest absolute Gasteiger partial charge is 0.371 e. The standard InChI is InChI=1S/C21H23N9O2/c1-22-21(32)17-15(10-16(26-27-17)25-20(31)12-6-7-12)24-14-5-3-4-13-18(14)29(2)8-9-30-11-23-28-19(13)30/h3-5,10-12H,6-9H2,1-2H3,(H,22,32)(H2,24,25,26,31). The van der Waals surface area contributed by atoms with Crippen LogP contribution in [0.4, 0.5) is 22.9 Å². The molecule has 0 unspecified atom stereocenters. The average Bonchev–Trinajstić information content (AvgIpc) is 3.57. The van der Waals surface area contributed by atoms with Crippen LogP contribution in [0, 0.1) is 5.92 Å². The Kier molecular flexibility index (Phi) is 4.92. The van der Waals surface area contributed by atoms with Gasteiger partial charge in [0, 0.05) is 44.7 Å². The number of nitrogens with one attached hydrogen (secondary N) is 3. The van der Waals surface area contributed by atoms with Gasteiger partial charge in [-0.15, -0.1) is 20.4 Å². The zero-order valence-corrected chi connectivity index (χ0v) is 17.8. The van der Waals surface area contributed by atoms with Crippen molar-refractivity contribution in [2.24, 2.45) is 5.92 Å². The number of hydrogen-bond acceptors (Lipinski definition) is 8. The lowest BCUT2D eigenvalue weighted by atomic mass is 10.1. The third-order valence-corrected chi connectivity index (χ3v) is 5.66. The molecule has 3 N–H and O–H groups in total. The van der Waals surface area contributed by atoms with Gasteiger partial charge < -0.3 is 25.4 Å². The highest BCUT2D eigenvalue weighted by atomic mass is 16.2. The van der Waals surface area contributed by atoms with Gasteiger partial charge in [-0.3, -0.25) is 9.59 Å². The highest BCUT2D eigenvalue weighted by Crippen LogP contribution is 2.39. The van der Waals surface area contributed by atoms with Crippen LogP contribution >= 0.6 is 0 Å². The Balaban J connectivity index is 1.55. The third-order valence-electron chi connectivity index (χ3n) is 5.66. The predicted molar refractivity (Wildman–Crippen MR) is 119 cm³/mol. The van der Waals surface area contributed by atoms with E-state index in [1.165, 1.54) is 7.05 Å². The molecule has 2 amide bonds. The molecule has 0 atom stereocenters. The number of carbonyl (C=O) groups is 2. The van der Waals surface area contributed by atoms with Crippen molar-refractivity contribution in [3.05, 3.63) is 36.3 Å². The van der Waals surface area contributed by atoms with E-state index in [2.05, 4.69) is 41.2 Å². The van der Waals surface area contributed by atoms with Gasteiger partial charge in [0.25, 0.3) is 5.91 Å². The Morgan fingerprint density at radius 3 is 2.72 bits per heavy atom. The van der Waals surface area contributed by atoms with Crippen molar-refractivity contribution in [2.45, 2.75) is 19.4 Å². The number of benzene rings is 1. The van der Waals surface area contributed by atoms with Crippen LogP contribution in [0.15, 0.2) is 30.6 Å². The molecule has 0 bridgehead atoms. The second kappa shape index (κ2) is 7.91. The first-order chi connectivity index (χ1) is 15.5. The zero-order chi connectivity index (χ0) is 22.2. The van der Waals surface area contributed by atoms with Crippen LogP contribution in [0.5, 0.6) is 0 Å².